The molecule has 2 amide bonds. The van der Waals surface area contributed by atoms with Gasteiger partial charge in [-0.1, -0.05) is 31.2 Å². The average Bonchev–Trinajstić information content (AvgIpc) is 2.82. The van der Waals surface area contributed by atoms with Crippen molar-refractivity contribution in [3.63, 3.8) is 0 Å². The standard InChI is InChI=1S/C27H31FN2O4/c1-5-17(3)29-26(32)21-9-7-8-19(14-21)16-30-18(4)25(27(33)34-6-2)23(15-24(30)31)20-10-12-22(28)13-11-20/h7-14,17,23H,5-6,15-16H2,1-4H3,(H,29,32). The second kappa shape index (κ2) is 11.1. The van der Waals surface area contributed by atoms with Gasteiger partial charge in [0.05, 0.1) is 18.7 Å². The van der Waals surface area contributed by atoms with Gasteiger partial charge in [0.25, 0.3) is 5.91 Å². The monoisotopic (exact) mass is 466 g/mol. The van der Waals surface area contributed by atoms with E-state index in [2.05, 4.69) is 5.32 Å². The van der Waals surface area contributed by atoms with Crippen LogP contribution in [0.1, 0.15) is 67.9 Å². The van der Waals surface area contributed by atoms with Crippen LogP contribution >= 0.6 is 0 Å². The van der Waals surface area contributed by atoms with Crippen LogP contribution in [0.3, 0.4) is 0 Å². The zero-order valence-electron chi connectivity index (χ0n) is 20.1. The molecular formula is C27H31FN2O4. The molecule has 180 valence electrons. The van der Waals surface area contributed by atoms with Gasteiger partial charge in [-0.05, 0) is 62.6 Å². The van der Waals surface area contributed by atoms with Crippen LogP contribution in [0.15, 0.2) is 59.8 Å². The molecule has 0 bridgehead atoms. The minimum Gasteiger partial charge on any atom is -0.463 e. The predicted octanol–water partition coefficient (Wildman–Crippen LogP) is 4.71. The topological polar surface area (TPSA) is 75.7 Å². The number of carbonyl (C=O) groups excluding carboxylic acids is 3. The van der Waals surface area contributed by atoms with E-state index >= 15 is 0 Å². The number of nitrogens with zero attached hydrogens (tertiary/aromatic N) is 1. The van der Waals surface area contributed by atoms with Crippen molar-refractivity contribution < 1.29 is 23.5 Å². The van der Waals surface area contributed by atoms with Crippen molar-refractivity contribution >= 4 is 17.8 Å². The number of hydrogen-bond acceptors (Lipinski definition) is 4. The normalized spacial score (nSPS) is 16.9. The van der Waals surface area contributed by atoms with Crippen molar-refractivity contribution in [2.24, 2.45) is 0 Å². The molecule has 1 N–H and O–H groups in total. The minimum atomic E-state index is -0.518. The highest BCUT2D eigenvalue weighted by molar-refractivity contribution is 5.96. The molecule has 34 heavy (non-hydrogen) atoms. The van der Waals surface area contributed by atoms with Gasteiger partial charge in [-0.15, -0.1) is 0 Å². The van der Waals surface area contributed by atoms with Gasteiger partial charge in [0, 0.05) is 29.6 Å². The molecule has 1 heterocycles. The van der Waals surface area contributed by atoms with Gasteiger partial charge in [0.15, 0.2) is 0 Å². The summed E-state index contributed by atoms with van der Waals surface area (Å²) in [6.07, 6.45) is 0.884. The van der Waals surface area contributed by atoms with Crippen molar-refractivity contribution in [2.45, 2.75) is 59.0 Å². The second-order valence-electron chi connectivity index (χ2n) is 8.49. The van der Waals surface area contributed by atoms with Gasteiger partial charge in [-0.3, -0.25) is 9.59 Å². The molecule has 2 unspecified atom stereocenters. The third-order valence-corrected chi connectivity index (χ3v) is 6.11. The molecule has 6 nitrogen and oxygen atoms in total. The molecule has 2 aromatic rings. The maximum absolute atomic E-state index is 13.5. The Bertz CT molecular complexity index is 1090. The van der Waals surface area contributed by atoms with E-state index in [4.69, 9.17) is 4.74 Å². The highest BCUT2D eigenvalue weighted by Gasteiger charge is 2.37. The van der Waals surface area contributed by atoms with Gasteiger partial charge in [-0.2, -0.15) is 0 Å². The van der Waals surface area contributed by atoms with Crippen LogP contribution in [-0.2, 0) is 20.9 Å². The van der Waals surface area contributed by atoms with Crippen LogP contribution in [0, 0.1) is 5.82 Å². The van der Waals surface area contributed by atoms with Crippen molar-refractivity contribution in [1.82, 2.24) is 10.2 Å². The number of amides is 2. The zero-order valence-corrected chi connectivity index (χ0v) is 20.1. The molecule has 0 saturated heterocycles. The smallest absolute Gasteiger partial charge is 0.336 e. The maximum atomic E-state index is 13.5. The number of rotatable bonds is 8. The van der Waals surface area contributed by atoms with Crippen molar-refractivity contribution in [3.8, 4) is 0 Å². The summed E-state index contributed by atoms with van der Waals surface area (Å²) in [5.41, 5.74) is 2.85. The Morgan fingerprint density at radius 2 is 1.88 bits per heavy atom. The number of nitrogens with one attached hydrogen (secondary N) is 1. The Hall–Kier alpha value is -3.48. The molecule has 1 aliphatic rings. The Balaban J connectivity index is 1.93. The van der Waals surface area contributed by atoms with E-state index in [-0.39, 0.29) is 43.2 Å². The van der Waals surface area contributed by atoms with E-state index in [1.807, 2.05) is 19.9 Å². The van der Waals surface area contributed by atoms with Crippen molar-refractivity contribution in [1.29, 1.82) is 0 Å². The minimum absolute atomic E-state index is 0.0561. The molecule has 2 atom stereocenters. The molecule has 0 spiro atoms. The number of benzene rings is 2. The Labute approximate surface area is 199 Å². The van der Waals surface area contributed by atoms with Gasteiger partial charge < -0.3 is 15.0 Å². The lowest BCUT2D eigenvalue weighted by Crippen LogP contribution is -2.38. The predicted molar refractivity (Wildman–Crippen MR) is 127 cm³/mol. The van der Waals surface area contributed by atoms with Crippen LogP contribution in [-0.4, -0.2) is 35.3 Å². The SMILES string of the molecule is CCOC(=O)C1=C(C)N(Cc2cccc(C(=O)NC(C)CC)c2)C(=O)CC1c1ccc(F)cc1. The summed E-state index contributed by atoms with van der Waals surface area (Å²) in [5, 5.41) is 2.94. The van der Waals surface area contributed by atoms with E-state index in [9.17, 15) is 18.8 Å². The fraction of sp³-hybridized carbons (Fsp3) is 0.370. The molecule has 2 aromatic carbocycles. The number of esters is 1. The molecule has 7 heteroatoms. The van der Waals surface area contributed by atoms with Gasteiger partial charge in [0.2, 0.25) is 5.91 Å². The summed E-state index contributed by atoms with van der Waals surface area (Å²) in [6.45, 7) is 7.80. The summed E-state index contributed by atoms with van der Waals surface area (Å²) >= 11 is 0. The van der Waals surface area contributed by atoms with Crippen molar-refractivity contribution in [3.05, 3.63) is 82.3 Å². The van der Waals surface area contributed by atoms with Gasteiger partial charge in [0.1, 0.15) is 5.82 Å². The van der Waals surface area contributed by atoms with E-state index in [1.165, 1.54) is 12.1 Å². The fourth-order valence-corrected chi connectivity index (χ4v) is 4.06. The van der Waals surface area contributed by atoms with Gasteiger partial charge >= 0.3 is 5.97 Å². The van der Waals surface area contributed by atoms with Crippen LogP contribution < -0.4 is 5.32 Å². The molecule has 0 saturated carbocycles. The van der Waals surface area contributed by atoms with Crippen LogP contribution in [0.2, 0.25) is 0 Å². The number of hydrogen-bond donors (Lipinski definition) is 1. The summed E-state index contributed by atoms with van der Waals surface area (Å²) in [7, 11) is 0. The molecule has 1 aliphatic heterocycles. The molecular weight excluding hydrogens is 435 g/mol. The van der Waals surface area contributed by atoms with Crippen LogP contribution in [0.25, 0.3) is 0 Å². The first-order valence-corrected chi connectivity index (χ1v) is 11.6. The quantitative estimate of drug-likeness (QED) is 0.572. The number of carbonyl (C=O) groups is 3. The van der Waals surface area contributed by atoms with E-state index in [0.29, 0.717) is 22.4 Å². The van der Waals surface area contributed by atoms with E-state index < -0.39 is 11.9 Å². The molecule has 0 fully saturated rings. The summed E-state index contributed by atoms with van der Waals surface area (Å²) < 4.78 is 18.8. The highest BCUT2D eigenvalue weighted by atomic mass is 19.1. The molecule has 0 aliphatic carbocycles. The lowest BCUT2D eigenvalue weighted by atomic mass is 9.83. The number of ether oxygens (including phenoxy) is 1. The lowest BCUT2D eigenvalue weighted by Gasteiger charge is -2.34. The van der Waals surface area contributed by atoms with E-state index in [0.717, 1.165) is 12.0 Å². The largest absolute Gasteiger partial charge is 0.463 e. The summed E-state index contributed by atoms with van der Waals surface area (Å²) in [4.78, 5) is 40.2. The third-order valence-electron chi connectivity index (χ3n) is 6.11. The van der Waals surface area contributed by atoms with Crippen LogP contribution in [0.4, 0.5) is 4.39 Å². The second-order valence-corrected chi connectivity index (χ2v) is 8.49. The molecule has 0 radical (unpaired) electrons. The summed E-state index contributed by atoms with van der Waals surface area (Å²) in [5.74, 6) is -1.72. The Morgan fingerprint density at radius 3 is 2.53 bits per heavy atom. The number of allylic oxidation sites excluding steroid dienone is 1. The zero-order chi connectivity index (χ0) is 24.8. The number of halogens is 1. The first-order chi connectivity index (χ1) is 16.2. The Kier molecular flexibility index (Phi) is 8.21. The van der Waals surface area contributed by atoms with E-state index in [1.54, 1.807) is 49.1 Å². The molecule has 3 rings (SSSR count). The first kappa shape index (κ1) is 25.1. The molecule has 0 aromatic heterocycles. The lowest BCUT2D eigenvalue weighted by molar-refractivity contribution is -0.140. The average molecular weight is 467 g/mol. The van der Waals surface area contributed by atoms with Gasteiger partial charge in [-0.25, -0.2) is 9.18 Å². The first-order valence-electron chi connectivity index (χ1n) is 11.6. The fourth-order valence-electron chi connectivity index (χ4n) is 4.06. The Morgan fingerprint density at radius 1 is 1.18 bits per heavy atom. The van der Waals surface area contributed by atoms with Crippen LogP contribution in [0.5, 0.6) is 0 Å². The summed E-state index contributed by atoms with van der Waals surface area (Å²) in [6, 6.07) is 13.0. The third kappa shape index (κ3) is 5.71. The highest BCUT2D eigenvalue weighted by Crippen LogP contribution is 2.37. The van der Waals surface area contributed by atoms with Crippen molar-refractivity contribution in [2.75, 3.05) is 6.61 Å². The maximum Gasteiger partial charge on any atom is 0.336 e.